The molecule has 18 heavy (non-hydrogen) atoms. The molecular formula is C12H14N2O4. The Kier molecular flexibility index (Phi) is 3.59. The molecule has 6 nitrogen and oxygen atoms in total. The number of aromatic carboxylic acids is 1. The molecule has 0 aliphatic carbocycles. The summed E-state index contributed by atoms with van der Waals surface area (Å²) in [4.78, 5) is 15.1. The first-order chi connectivity index (χ1) is 8.67. The summed E-state index contributed by atoms with van der Waals surface area (Å²) in [6.07, 6.45) is 0.555. The molecule has 1 aromatic carbocycles. The van der Waals surface area contributed by atoms with Gasteiger partial charge in [-0.25, -0.2) is 9.78 Å². The number of carboxylic acids is 1. The second-order valence-electron chi connectivity index (χ2n) is 3.92. The smallest absolute Gasteiger partial charge is 0.335 e. The van der Waals surface area contributed by atoms with Gasteiger partial charge in [0.25, 0.3) is 0 Å². The first kappa shape index (κ1) is 12.5. The lowest BCUT2D eigenvalue weighted by atomic mass is 10.2. The Balaban J connectivity index is 2.51. The number of imidazole rings is 1. The summed E-state index contributed by atoms with van der Waals surface area (Å²) in [6, 6.07) is 4.65. The monoisotopic (exact) mass is 250 g/mol. The number of aliphatic hydroxyl groups is 2. The zero-order valence-corrected chi connectivity index (χ0v) is 9.70. The van der Waals surface area contributed by atoms with Crippen molar-refractivity contribution in [2.75, 3.05) is 6.61 Å². The largest absolute Gasteiger partial charge is 0.478 e. The van der Waals surface area contributed by atoms with E-state index in [1.807, 2.05) is 0 Å². The molecule has 2 aromatic rings. The van der Waals surface area contributed by atoms with Crippen LogP contribution in [0.1, 0.15) is 22.6 Å². The summed E-state index contributed by atoms with van der Waals surface area (Å²) in [5.74, 6) is -0.534. The SMILES string of the molecule is O=C(O)c1ccc2c(c1)nc(CO)n2CCCO. The molecule has 3 N–H and O–H groups in total. The van der Waals surface area contributed by atoms with Gasteiger partial charge < -0.3 is 19.9 Å². The highest BCUT2D eigenvalue weighted by molar-refractivity contribution is 5.92. The topological polar surface area (TPSA) is 95.6 Å². The second-order valence-corrected chi connectivity index (χ2v) is 3.92. The van der Waals surface area contributed by atoms with Gasteiger partial charge in [-0.05, 0) is 24.6 Å². The number of aliphatic hydroxyl groups excluding tert-OH is 2. The van der Waals surface area contributed by atoms with E-state index in [2.05, 4.69) is 4.98 Å². The van der Waals surface area contributed by atoms with Crippen molar-refractivity contribution in [2.45, 2.75) is 19.6 Å². The van der Waals surface area contributed by atoms with E-state index in [9.17, 15) is 9.90 Å². The molecule has 2 rings (SSSR count). The van der Waals surface area contributed by atoms with Crippen LogP contribution in [-0.4, -0.2) is 37.4 Å². The van der Waals surface area contributed by atoms with E-state index in [0.29, 0.717) is 24.3 Å². The Morgan fingerprint density at radius 3 is 2.72 bits per heavy atom. The molecule has 0 amide bonds. The van der Waals surface area contributed by atoms with Gasteiger partial charge in [-0.3, -0.25) is 0 Å². The third-order valence-electron chi connectivity index (χ3n) is 2.76. The molecule has 1 heterocycles. The van der Waals surface area contributed by atoms with Crippen molar-refractivity contribution < 1.29 is 20.1 Å². The van der Waals surface area contributed by atoms with E-state index in [4.69, 9.17) is 10.2 Å². The predicted octanol–water partition coefficient (Wildman–Crippen LogP) is 0.609. The van der Waals surface area contributed by atoms with E-state index >= 15 is 0 Å². The van der Waals surface area contributed by atoms with Crippen LogP contribution in [0.5, 0.6) is 0 Å². The molecule has 0 saturated carbocycles. The van der Waals surface area contributed by atoms with Gasteiger partial charge in [0.05, 0.1) is 16.6 Å². The van der Waals surface area contributed by atoms with Crippen molar-refractivity contribution in [2.24, 2.45) is 0 Å². The van der Waals surface area contributed by atoms with Crippen molar-refractivity contribution in [3.05, 3.63) is 29.6 Å². The van der Waals surface area contributed by atoms with Crippen molar-refractivity contribution >= 4 is 17.0 Å². The average Bonchev–Trinajstić information content (AvgIpc) is 2.72. The van der Waals surface area contributed by atoms with Crippen LogP contribution in [0.3, 0.4) is 0 Å². The van der Waals surface area contributed by atoms with E-state index in [-0.39, 0.29) is 18.8 Å². The van der Waals surface area contributed by atoms with E-state index in [0.717, 1.165) is 5.52 Å². The number of hydrogen-bond acceptors (Lipinski definition) is 4. The molecule has 0 spiro atoms. The van der Waals surface area contributed by atoms with Crippen molar-refractivity contribution in [3.8, 4) is 0 Å². The van der Waals surface area contributed by atoms with Gasteiger partial charge in [0, 0.05) is 13.2 Å². The van der Waals surface area contributed by atoms with E-state index in [1.165, 1.54) is 12.1 Å². The number of aryl methyl sites for hydroxylation is 1. The number of rotatable bonds is 5. The van der Waals surface area contributed by atoms with Crippen LogP contribution in [0.4, 0.5) is 0 Å². The van der Waals surface area contributed by atoms with E-state index in [1.54, 1.807) is 10.6 Å². The summed E-state index contributed by atoms with van der Waals surface area (Å²) in [7, 11) is 0. The summed E-state index contributed by atoms with van der Waals surface area (Å²) in [6.45, 7) is 0.371. The lowest BCUT2D eigenvalue weighted by Crippen LogP contribution is -2.05. The Hall–Kier alpha value is -1.92. The molecule has 0 aliphatic heterocycles. The van der Waals surface area contributed by atoms with Gasteiger partial charge in [-0.15, -0.1) is 0 Å². The fourth-order valence-corrected chi connectivity index (χ4v) is 1.91. The number of nitrogens with zero attached hydrogens (tertiary/aromatic N) is 2. The third kappa shape index (κ3) is 2.20. The minimum absolute atomic E-state index is 0.0533. The molecule has 0 atom stereocenters. The lowest BCUT2D eigenvalue weighted by Gasteiger charge is -2.06. The maximum Gasteiger partial charge on any atom is 0.335 e. The molecule has 0 aliphatic rings. The Labute approximate surface area is 103 Å². The Morgan fingerprint density at radius 2 is 2.11 bits per heavy atom. The number of carboxylic acid groups (broad SMARTS) is 1. The first-order valence-electron chi connectivity index (χ1n) is 5.61. The first-order valence-corrected chi connectivity index (χ1v) is 5.61. The number of benzene rings is 1. The van der Waals surface area contributed by atoms with Crippen LogP contribution in [-0.2, 0) is 13.2 Å². The zero-order chi connectivity index (χ0) is 13.1. The molecule has 0 saturated heterocycles. The van der Waals surface area contributed by atoms with Crippen LogP contribution in [0.25, 0.3) is 11.0 Å². The number of carbonyl (C=O) groups is 1. The predicted molar refractivity (Wildman–Crippen MR) is 64.3 cm³/mol. The molecular weight excluding hydrogens is 236 g/mol. The van der Waals surface area contributed by atoms with E-state index < -0.39 is 5.97 Å². The summed E-state index contributed by atoms with van der Waals surface area (Å²) in [5, 5.41) is 27.0. The molecule has 0 radical (unpaired) electrons. The maximum absolute atomic E-state index is 10.9. The minimum Gasteiger partial charge on any atom is -0.478 e. The zero-order valence-electron chi connectivity index (χ0n) is 9.70. The Bertz CT molecular complexity index is 577. The van der Waals surface area contributed by atoms with Gasteiger partial charge in [0.1, 0.15) is 12.4 Å². The molecule has 0 bridgehead atoms. The third-order valence-corrected chi connectivity index (χ3v) is 2.76. The van der Waals surface area contributed by atoms with Gasteiger partial charge in [0.15, 0.2) is 0 Å². The summed E-state index contributed by atoms with van der Waals surface area (Å²) >= 11 is 0. The Morgan fingerprint density at radius 1 is 1.33 bits per heavy atom. The fourth-order valence-electron chi connectivity index (χ4n) is 1.91. The number of fused-ring (bicyclic) bond motifs is 1. The van der Waals surface area contributed by atoms with Crippen molar-refractivity contribution in [3.63, 3.8) is 0 Å². The van der Waals surface area contributed by atoms with Gasteiger partial charge in [-0.2, -0.15) is 0 Å². The van der Waals surface area contributed by atoms with Gasteiger partial charge in [-0.1, -0.05) is 0 Å². The second kappa shape index (κ2) is 5.16. The maximum atomic E-state index is 10.9. The highest BCUT2D eigenvalue weighted by Crippen LogP contribution is 2.18. The fraction of sp³-hybridized carbons (Fsp3) is 0.333. The van der Waals surface area contributed by atoms with Crippen LogP contribution >= 0.6 is 0 Å². The highest BCUT2D eigenvalue weighted by Gasteiger charge is 2.12. The van der Waals surface area contributed by atoms with Crippen LogP contribution in [0.15, 0.2) is 18.2 Å². The summed E-state index contributed by atoms with van der Waals surface area (Å²) in [5.41, 5.74) is 1.47. The molecule has 1 aromatic heterocycles. The molecule has 6 heteroatoms. The molecule has 0 fully saturated rings. The van der Waals surface area contributed by atoms with Crippen LogP contribution < -0.4 is 0 Å². The molecule has 0 unspecified atom stereocenters. The van der Waals surface area contributed by atoms with Crippen molar-refractivity contribution in [1.29, 1.82) is 0 Å². The summed E-state index contributed by atoms with van der Waals surface area (Å²) < 4.78 is 1.79. The van der Waals surface area contributed by atoms with Crippen LogP contribution in [0, 0.1) is 0 Å². The van der Waals surface area contributed by atoms with Crippen molar-refractivity contribution in [1.82, 2.24) is 9.55 Å². The van der Waals surface area contributed by atoms with Gasteiger partial charge >= 0.3 is 5.97 Å². The lowest BCUT2D eigenvalue weighted by molar-refractivity contribution is 0.0697. The average molecular weight is 250 g/mol. The quantitative estimate of drug-likeness (QED) is 0.722. The van der Waals surface area contributed by atoms with Crippen LogP contribution in [0.2, 0.25) is 0 Å². The molecule has 96 valence electrons. The normalized spacial score (nSPS) is 11.0. The van der Waals surface area contributed by atoms with Gasteiger partial charge in [0.2, 0.25) is 0 Å². The standard InChI is InChI=1S/C12H14N2O4/c15-5-1-4-14-10-3-2-8(12(17)18)6-9(10)13-11(14)7-16/h2-3,6,15-16H,1,4-5,7H2,(H,17,18). The number of aromatic nitrogens is 2. The number of hydrogen-bond donors (Lipinski definition) is 3. The minimum atomic E-state index is -1.01. The highest BCUT2D eigenvalue weighted by atomic mass is 16.4.